The van der Waals surface area contributed by atoms with Crippen LogP contribution >= 0.6 is 0 Å². The van der Waals surface area contributed by atoms with E-state index in [1.54, 1.807) is 19.1 Å². The number of dihydropyridines is 1. The van der Waals surface area contributed by atoms with E-state index in [-0.39, 0.29) is 17.4 Å². The van der Waals surface area contributed by atoms with Gasteiger partial charge in [0.2, 0.25) is 0 Å². The van der Waals surface area contributed by atoms with Crippen molar-refractivity contribution in [2.24, 2.45) is 0 Å². The predicted octanol–water partition coefficient (Wildman–Crippen LogP) is 4.13. The Bertz CT molecular complexity index is 1130. The smallest absolute Gasteiger partial charge is 0.336 e. The van der Waals surface area contributed by atoms with Crippen molar-refractivity contribution in [2.75, 3.05) is 7.11 Å². The van der Waals surface area contributed by atoms with E-state index in [1.165, 1.54) is 19.2 Å². The van der Waals surface area contributed by atoms with Crippen molar-refractivity contribution in [3.63, 3.8) is 0 Å². The minimum Gasteiger partial charge on any atom is -0.466 e. The number of nitro benzene ring substituents is 1. The third-order valence-corrected chi connectivity index (χ3v) is 5.92. The Morgan fingerprint density at radius 3 is 2.48 bits per heavy atom. The zero-order valence-corrected chi connectivity index (χ0v) is 17.3. The van der Waals surface area contributed by atoms with Crippen LogP contribution in [0.3, 0.4) is 0 Å². The maximum absolute atomic E-state index is 13.4. The van der Waals surface area contributed by atoms with E-state index in [2.05, 4.69) is 5.32 Å². The van der Waals surface area contributed by atoms with Gasteiger partial charge in [-0.3, -0.25) is 14.9 Å². The van der Waals surface area contributed by atoms with E-state index in [1.807, 2.05) is 30.3 Å². The number of nitrogens with one attached hydrogen (secondary N) is 1. The average molecular weight is 418 g/mol. The fourth-order valence-electron chi connectivity index (χ4n) is 4.53. The highest BCUT2D eigenvalue weighted by Crippen LogP contribution is 2.46. The SMILES string of the molecule is COC(=O)C1=C(C)NC2=C(C(=O)C[C@@H](c3ccccc3)C2)[C@H]1c1cccc([N+](=O)[O-])c1. The molecule has 7 heteroatoms. The Kier molecular flexibility index (Phi) is 5.42. The lowest BCUT2D eigenvalue weighted by Crippen LogP contribution is -2.36. The molecule has 1 aliphatic heterocycles. The number of rotatable bonds is 4. The third-order valence-electron chi connectivity index (χ3n) is 5.92. The van der Waals surface area contributed by atoms with Gasteiger partial charge in [-0.1, -0.05) is 42.5 Å². The molecule has 2 atom stereocenters. The summed E-state index contributed by atoms with van der Waals surface area (Å²) >= 11 is 0. The summed E-state index contributed by atoms with van der Waals surface area (Å²) in [6.07, 6.45) is 0.922. The summed E-state index contributed by atoms with van der Waals surface area (Å²) in [5, 5.41) is 14.6. The number of non-ortho nitro benzene ring substituents is 1. The molecule has 158 valence electrons. The van der Waals surface area contributed by atoms with E-state index in [0.29, 0.717) is 35.2 Å². The molecule has 0 amide bonds. The highest BCUT2D eigenvalue weighted by Gasteiger charge is 2.41. The number of carbonyl (C=O) groups is 2. The lowest BCUT2D eigenvalue weighted by atomic mass is 9.71. The number of Topliss-reactive ketones (excluding diaryl/α,β-unsaturated/α-hetero) is 1. The zero-order chi connectivity index (χ0) is 22.1. The first-order valence-electron chi connectivity index (χ1n) is 10.0. The van der Waals surface area contributed by atoms with Crippen LogP contribution < -0.4 is 5.32 Å². The fraction of sp³-hybridized carbons (Fsp3) is 0.250. The number of nitrogens with zero attached hydrogens (tertiary/aromatic N) is 1. The van der Waals surface area contributed by atoms with Crippen LogP contribution in [0.25, 0.3) is 0 Å². The fourth-order valence-corrected chi connectivity index (χ4v) is 4.53. The van der Waals surface area contributed by atoms with E-state index < -0.39 is 16.8 Å². The quantitative estimate of drug-likeness (QED) is 0.455. The average Bonchev–Trinajstić information content (AvgIpc) is 2.78. The molecular weight excluding hydrogens is 396 g/mol. The van der Waals surface area contributed by atoms with Gasteiger partial charge in [0.25, 0.3) is 5.69 Å². The lowest BCUT2D eigenvalue weighted by Gasteiger charge is -2.36. The summed E-state index contributed by atoms with van der Waals surface area (Å²) in [6.45, 7) is 1.76. The molecule has 2 aromatic rings. The molecule has 1 N–H and O–H groups in total. The lowest BCUT2D eigenvalue weighted by molar-refractivity contribution is -0.384. The summed E-state index contributed by atoms with van der Waals surface area (Å²) in [5.41, 5.74) is 3.64. The molecule has 4 rings (SSSR count). The van der Waals surface area contributed by atoms with Crippen molar-refractivity contribution in [3.8, 4) is 0 Å². The number of nitro groups is 1. The zero-order valence-electron chi connectivity index (χ0n) is 17.3. The number of ketones is 1. The second-order valence-corrected chi connectivity index (χ2v) is 7.77. The van der Waals surface area contributed by atoms with Gasteiger partial charge in [0.05, 0.1) is 17.6 Å². The summed E-state index contributed by atoms with van der Waals surface area (Å²) in [5.74, 6) is -1.33. The Morgan fingerprint density at radius 1 is 1.10 bits per heavy atom. The molecule has 1 heterocycles. The third kappa shape index (κ3) is 3.74. The van der Waals surface area contributed by atoms with Crippen LogP contribution in [-0.4, -0.2) is 23.8 Å². The van der Waals surface area contributed by atoms with E-state index >= 15 is 0 Å². The van der Waals surface area contributed by atoms with Gasteiger partial charge in [-0.2, -0.15) is 0 Å². The second-order valence-electron chi connectivity index (χ2n) is 7.77. The molecule has 2 aliphatic rings. The minimum atomic E-state index is -0.715. The number of ether oxygens (including phenoxy) is 1. The molecule has 0 unspecified atom stereocenters. The number of benzene rings is 2. The Balaban J connectivity index is 1.84. The van der Waals surface area contributed by atoms with Crippen LogP contribution in [0.1, 0.15) is 42.7 Å². The van der Waals surface area contributed by atoms with Crippen molar-refractivity contribution in [1.29, 1.82) is 0 Å². The topological polar surface area (TPSA) is 98.5 Å². The molecule has 0 aromatic heterocycles. The van der Waals surface area contributed by atoms with Crippen molar-refractivity contribution in [2.45, 2.75) is 31.6 Å². The Hall–Kier alpha value is -3.74. The van der Waals surface area contributed by atoms with Crippen LogP contribution in [0.15, 0.2) is 77.1 Å². The molecular formula is C24H22N2O5. The molecule has 0 fully saturated rings. The molecule has 0 spiro atoms. The first-order chi connectivity index (χ1) is 14.9. The molecule has 2 aromatic carbocycles. The summed E-state index contributed by atoms with van der Waals surface area (Å²) in [7, 11) is 1.28. The van der Waals surface area contributed by atoms with Crippen molar-refractivity contribution < 1.29 is 19.2 Å². The van der Waals surface area contributed by atoms with Gasteiger partial charge in [0, 0.05) is 41.4 Å². The van der Waals surface area contributed by atoms with E-state index in [4.69, 9.17) is 4.74 Å². The largest absolute Gasteiger partial charge is 0.466 e. The number of methoxy groups -OCH3 is 1. The number of hydrogen-bond acceptors (Lipinski definition) is 6. The monoisotopic (exact) mass is 418 g/mol. The van der Waals surface area contributed by atoms with Gasteiger partial charge in [-0.05, 0) is 30.4 Å². The van der Waals surface area contributed by atoms with Crippen molar-refractivity contribution >= 4 is 17.4 Å². The molecule has 0 radical (unpaired) electrons. The molecule has 0 saturated heterocycles. The second kappa shape index (κ2) is 8.18. The van der Waals surface area contributed by atoms with Crippen LogP contribution in [0.5, 0.6) is 0 Å². The van der Waals surface area contributed by atoms with Gasteiger partial charge in [-0.25, -0.2) is 4.79 Å². The minimum absolute atomic E-state index is 0.0261. The highest BCUT2D eigenvalue weighted by atomic mass is 16.6. The van der Waals surface area contributed by atoms with Crippen LogP contribution in [0, 0.1) is 10.1 Å². The summed E-state index contributed by atoms with van der Waals surface area (Å²) < 4.78 is 4.99. The van der Waals surface area contributed by atoms with Crippen LogP contribution in [-0.2, 0) is 14.3 Å². The summed E-state index contributed by atoms with van der Waals surface area (Å²) in [4.78, 5) is 36.9. The van der Waals surface area contributed by atoms with Crippen LogP contribution in [0.4, 0.5) is 5.69 Å². The molecule has 0 bridgehead atoms. The summed E-state index contributed by atoms with van der Waals surface area (Å²) in [6, 6.07) is 15.9. The van der Waals surface area contributed by atoms with Gasteiger partial charge < -0.3 is 10.1 Å². The maximum atomic E-state index is 13.4. The molecule has 31 heavy (non-hydrogen) atoms. The predicted molar refractivity (Wildman–Crippen MR) is 114 cm³/mol. The Morgan fingerprint density at radius 2 is 1.81 bits per heavy atom. The first kappa shape index (κ1) is 20.5. The number of esters is 1. The van der Waals surface area contributed by atoms with Crippen LogP contribution in [0.2, 0.25) is 0 Å². The number of carbonyl (C=O) groups excluding carboxylic acids is 2. The molecule has 0 saturated carbocycles. The first-order valence-corrected chi connectivity index (χ1v) is 10.0. The van der Waals surface area contributed by atoms with Gasteiger partial charge >= 0.3 is 5.97 Å². The normalized spacial score (nSPS) is 20.8. The maximum Gasteiger partial charge on any atom is 0.336 e. The van der Waals surface area contributed by atoms with Crippen molar-refractivity contribution in [3.05, 3.63) is 98.4 Å². The number of allylic oxidation sites excluding steroid dienone is 3. The Labute approximate surface area is 179 Å². The van der Waals surface area contributed by atoms with E-state index in [9.17, 15) is 19.7 Å². The van der Waals surface area contributed by atoms with Gasteiger partial charge in [0.15, 0.2) is 5.78 Å². The number of hydrogen-bond donors (Lipinski definition) is 1. The standard InChI is InChI=1S/C24H22N2O5/c1-14-21(24(28)31-2)22(16-9-6-10-18(11-16)26(29)30)23-19(25-14)12-17(13-20(23)27)15-7-4-3-5-8-15/h3-11,17,22,25H,12-13H2,1-2H3/t17-,22-/m0/s1. The van der Waals surface area contributed by atoms with Gasteiger partial charge in [-0.15, -0.1) is 0 Å². The highest BCUT2D eigenvalue weighted by molar-refractivity contribution is 6.04. The van der Waals surface area contributed by atoms with Gasteiger partial charge in [0.1, 0.15) is 0 Å². The molecule has 1 aliphatic carbocycles. The molecule has 7 nitrogen and oxygen atoms in total. The van der Waals surface area contributed by atoms with Crippen molar-refractivity contribution in [1.82, 2.24) is 5.32 Å². The van der Waals surface area contributed by atoms with E-state index in [0.717, 1.165) is 11.3 Å².